The molecular weight excluding hydrogens is 634 g/mol. The number of nitrogens with zero attached hydrogens (tertiary/aromatic N) is 4. The van der Waals surface area contributed by atoms with Gasteiger partial charge in [-0.25, -0.2) is 4.98 Å². The molecule has 0 saturated carbocycles. The maximum Gasteiger partial charge on any atom is 0.327 e. The number of allylic oxidation sites excluding steroid dienone is 1. The van der Waals surface area contributed by atoms with Crippen molar-refractivity contribution >= 4 is 27.1 Å². The first kappa shape index (κ1) is 35.0. The second-order valence-corrected chi connectivity index (χ2v) is 16.8. The third kappa shape index (κ3) is 10.9. The molecule has 0 spiro atoms. The van der Waals surface area contributed by atoms with Crippen molar-refractivity contribution in [1.29, 1.82) is 10.5 Å². The van der Waals surface area contributed by atoms with Crippen LogP contribution in [-0.2, 0) is 43.9 Å². The molecule has 0 aliphatic carbocycles. The van der Waals surface area contributed by atoms with Gasteiger partial charge >= 0.3 is 6.72 Å². The van der Waals surface area contributed by atoms with Gasteiger partial charge in [0.1, 0.15) is 12.4 Å². The van der Waals surface area contributed by atoms with Crippen LogP contribution in [0.2, 0.25) is 0 Å². The van der Waals surface area contributed by atoms with Gasteiger partial charge in [-0.3, -0.25) is 4.34 Å². The fourth-order valence-corrected chi connectivity index (χ4v) is 9.11. The molecule has 3 heterocycles. The molecule has 1 aromatic rings. The molecule has 11 atom stereocenters. The Kier molecular flexibility index (Phi) is 13.8. The Morgan fingerprint density at radius 2 is 1.82 bits per heavy atom. The number of imidazole rings is 1. The smallest absolute Gasteiger partial charge is 0.327 e. The Morgan fingerprint density at radius 1 is 1.16 bits per heavy atom. The van der Waals surface area contributed by atoms with E-state index in [1.54, 1.807) is 23.1 Å². The van der Waals surface area contributed by atoms with Gasteiger partial charge in [-0.1, -0.05) is 47.6 Å². The van der Waals surface area contributed by atoms with Crippen LogP contribution < -0.4 is 0 Å². The molecule has 11 unspecified atom stereocenters. The quantitative estimate of drug-likeness (QED) is 0.105. The fourth-order valence-electron chi connectivity index (χ4n) is 4.95. The Hall–Kier alpha value is -1.27. The number of nitriles is 2. The topological polar surface area (TPSA) is 130 Å². The van der Waals surface area contributed by atoms with Gasteiger partial charge in [0.25, 0.3) is 8.53 Å². The molecule has 0 bridgehead atoms. The lowest BCUT2D eigenvalue weighted by Gasteiger charge is -2.37. The van der Waals surface area contributed by atoms with E-state index in [-0.39, 0.29) is 37.4 Å². The zero-order valence-corrected chi connectivity index (χ0v) is 29.8. The van der Waals surface area contributed by atoms with Crippen LogP contribution in [0.5, 0.6) is 0 Å². The summed E-state index contributed by atoms with van der Waals surface area (Å²) < 4.78 is 62.1. The summed E-state index contributed by atoms with van der Waals surface area (Å²) in [5.41, 5.74) is -0.805. The SMILES string of the molecule is [3H]C1CC(OP(OC(CC#N)C(C)(CC)CC=C)n2ccnc2)C(COP(=S)(OC2CC([3H])OC2CC)OC(CC#N)C(C)(C)C)O1. The van der Waals surface area contributed by atoms with Gasteiger partial charge < -0.3 is 32.1 Å². The first-order chi connectivity index (χ1) is 22.2. The summed E-state index contributed by atoms with van der Waals surface area (Å²) in [5, 5.41) is 19.2. The van der Waals surface area contributed by atoms with E-state index in [1.807, 2.05) is 33.8 Å². The van der Waals surface area contributed by atoms with E-state index in [2.05, 4.69) is 37.5 Å². The molecule has 2 saturated heterocycles. The minimum absolute atomic E-state index is 0.0768. The molecule has 0 amide bonds. The number of hydrogen-bond acceptors (Lipinski definition) is 11. The molecule has 1 aromatic heterocycles. The normalized spacial score (nSPS) is 30.6. The van der Waals surface area contributed by atoms with Crippen molar-refractivity contribution in [2.75, 3.05) is 19.8 Å². The highest BCUT2D eigenvalue weighted by molar-refractivity contribution is 8.07. The summed E-state index contributed by atoms with van der Waals surface area (Å²) in [4.78, 5) is 4.18. The van der Waals surface area contributed by atoms with Crippen LogP contribution in [0.4, 0.5) is 0 Å². The third-order valence-corrected chi connectivity index (χ3v) is 12.0. The lowest BCUT2D eigenvalue weighted by Crippen LogP contribution is -2.35. The molecular formula is C31H50N4O7P2S. The lowest BCUT2D eigenvalue weighted by molar-refractivity contribution is -0.0182. The van der Waals surface area contributed by atoms with Crippen LogP contribution in [0.15, 0.2) is 31.4 Å². The molecule has 252 valence electrons. The summed E-state index contributed by atoms with van der Waals surface area (Å²) in [5.74, 6) is 0. The lowest BCUT2D eigenvalue weighted by atomic mass is 9.77. The molecule has 11 nitrogen and oxygen atoms in total. The van der Waals surface area contributed by atoms with Crippen molar-refractivity contribution in [3.8, 4) is 12.1 Å². The van der Waals surface area contributed by atoms with Gasteiger partial charge in [0.2, 0.25) is 0 Å². The first-order valence-corrected chi connectivity index (χ1v) is 19.1. The second kappa shape index (κ2) is 17.8. The average molecular weight is 689 g/mol. The van der Waals surface area contributed by atoms with Crippen LogP contribution in [0.3, 0.4) is 0 Å². The molecule has 2 aliphatic rings. The summed E-state index contributed by atoms with van der Waals surface area (Å²) in [6.07, 6.45) is 6.34. The summed E-state index contributed by atoms with van der Waals surface area (Å²) >= 11 is 5.96. The van der Waals surface area contributed by atoms with Crippen molar-refractivity contribution in [2.45, 2.75) is 123 Å². The van der Waals surface area contributed by atoms with Crippen molar-refractivity contribution in [2.24, 2.45) is 10.8 Å². The average Bonchev–Trinajstić information content (AvgIpc) is 3.75. The van der Waals surface area contributed by atoms with Gasteiger partial charge in [0, 0.05) is 38.4 Å². The molecule has 3 rings (SSSR count). The summed E-state index contributed by atoms with van der Waals surface area (Å²) in [7, 11) is -1.81. The molecule has 0 N–H and O–H groups in total. The molecule has 0 radical (unpaired) electrons. The minimum Gasteiger partial charge on any atom is -0.375 e. The second-order valence-electron chi connectivity index (χ2n) is 12.6. The monoisotopic (exact) mass is 688 g/mol. The zero-order valence-electron chi connectivity index (χ0n) is 29.2. The van der Waals surface area contributed by atoms with Crippen molar-refractivity contribution in [1.82, 2.24) is 9.32 Å². The Balaban J connectivity index is 1.85. The Morgan fingerprint density at radius 3 is 2.40 bits per heavy atom. The van der Waals surface area contributed by atoms with Crippen LogP contribution in [-0.4, -0.2) is 65.7 Å². The maximum atomic E-state index is 9.67. The Labute approximate surface area is 278 Å². The molecule has 14 heteroatoms. The van der Waals surface area contributed by atoms with Gasteiger partial charge in [0.15, 0.2) is 0 Å². The van der Waals surface area contributed by atoms with Crippen LogP contribution in [0.25, 0.3) is 0 Å². The van der Waals surface area contributed by atoms with E-state index in [1.165, 1.54) is 0 Å². The predicted octanol–water partition coefficient (Wildman–Crippen LogP) is 7.59. The standard InChI is InChI=1S/C31H50N4O7P2S/c1-8-15-31(7,10-3)29(12-17-33)40-43(35-19-18-34-23-35)39-25-13-20-37-27(25)22-38-44(45,41-26-14-21-36-24(26)9-2)42-28(11-16-32)30(4,5)6/h8,18-19,23-29H,1,9-15,20-22H2,2-7H3/i20T,21T. The fraction of sp³-hybridized carbons (Fsp3) is 0.774. The first-order valence-electron chi connectivity index (χ1n) is 16.6. The van der Waals surface area contributed by atoms with Crippen molar-refractivity contribution < 1.29 is 34.8 Å². The highest BCUT2D eigenvalue weighted by Crippen LogP contribution is 2.56. The van der Waals surface area contributed by atoms with Crippen LogP contribution >= 0.6 is 15.2 Å². The van der Waals surface area contributed by atoms with E-state index in [9.17, 15) is 10.5 Å². The maximum absolute atomic E-state index is 9.67. The number of rotatable bonds is 19. The van der Waals surface area contributed by atoms with E-state index in [0.717, 1.165) is 6.42 Å². The predicted molar refractivity (Wildman–Crippen MR) is 176 cm³/mol. The zero-order chi connectivity index (χ0) is 34.8. The number of hydrogen-bond donors (Lipinski definition) is 0. The summed E-state index contributed by atoms with van der Waals surface area (Å²) in [6.45, 7) is 10.5. The van der Waals surface area contributed by atoms with Gasteiger partial charge in [0.05, 0.1) is 64.8 Å². The Bertz CT molecular complexity index is 1260. The van der Waals surface area contributed by atoms with Crippen LogP contribution in [0.1, 0.15) is 89.2 Å². The summed E-state index contributed by atoms with van der Waals surface area (Å²) in [6, 6.07) is 4.43. The van der Waals surface area contributed by atoms with Gasteiger partial charge in [-0.05, 0) is 41.9 Å². The van der Waals surface area contributed by atoms with E-state index < -0.39 is 64.3 Å². The number of aromatic nitrogens is 2. The van der Waals surface area contributed by atoms with Crippen LogP contribution in [0, 0.1) is 33.5 Å². The highest BCUT2D eigenvalue weighted by Gasteiger charge is 2.42. The minimum atomic E-state index is -3.54. The molecule has 2 aliphatic heterocycles. The van der Waals surface area contributed by atoms with E-state index >= 15 is 0 Å². The van der Waals surface area contributed by atoms with E-state index in [0.29, 0.717) is 19.3 Å². The van der Waals surface area contributed by atoms with E-state index in [4.69, 9.17) is 46.6 Å². The largest absolute Gasteiger partial charge is 0.375 e. The van der Waals surface area contributed by atoms with Crippen molar-refractivity contribution in [3.05, 3.63) is 31.4 Å². The highest BCUT2D eigenvalue weighted by atomic mass is 32.5. The molecule has 45 heavy (non-hydrogen) atoms. The van der Waals surface area contributed by atoms with Gasteiger partial charge in [-0.2, -0.15) is 10.5 Å². The van der Waals surface area contributed by atoms with Crippen molar-refractivity contribution in [3.63, 3.8) is 0 Å². The molecule has 2 fully saturated rings. The number of ether oxygens (including phenoxy) is 2. The third-order valence-electron chi connectivity index (χ3n) is 8.19. The van der Waals surface area contributed by atoms with Gasteiger partial charge in [-0.15, -0.1) is 6.58 Å². The molecule has 0 aromatic carbocycles.